The summed E-state index contributed by atoms with van der Waals surface area (Å²) < 4.78 is 35.9. The van der Waals surface area contributed by atoms with Gasteiger partial charge in [-0.1, -0.05) is 25.0 Å². The molecule has 1 fully saturated rings. The Kier molecular flexibility index (Phi) is 7.90. The predicted octanol–water partition coefficient (Wildman–Crippen LogP) is 4.92. The lowest BCUT2D eigenvalue weighted by Crippen LogP contribution is -2.25. The minimum absolute atomic E-state index is 0.0657. The summed E-state index contributed by atoms with van der Waals surface area (Å²) in [6, 6.07) is 14.4. The number of aliphatic carboxylic acids is 1. The quantitative estimate of drug-likeness (QED) is 0.381. The molecule has 1 aliphatic rings. The lowest BCUT2D eigenvalue weighted by Gasteiger charge is -2.08. The number of fused-ring (bicyclic) bond motifs is 1. The van der Waals surface area contributed by atoms with Crippen molar-refractivity contribution in [3.05, 3.63) is 78.4 Å². The van der Waals surface area contributed by atoms with Crippen molar-refractivity contribution in [1.29, 1.82) is 0 Å². The number of aromatic nitrogens is 4. The van der Waals surface area contributed by atoms with Crippen LogP contribution in [0.5, 0.6) is 0 Å². The molecule has 4 aromatic rings. The Morgan fingerprint density at radius 3 is 2.51 bits per heavy atom. The van der Waals surface area contributed by atoms with Gasteiger partial charge in [-0.3, -0.25) is 14.5 Å². The molecule has 194 valence electrons. The number of carbonyl (C=O) groups is 2. The molecule has 37 heavy (non-hydrogen) atoms. The zero-order valence-corrected chi connectivity index (χ0v) is 19.9. The van der Waals surface area contributed by atoms with Gasteiger partial charge in [0.2, 0.25) is 0 Å². The van der Waals surface area contributed by atoms with Crippen LogP contribution in [0.3, 0.4) is 0 Å². The van der Waals surface area contributed by atoms with Crippen molar-refractivity contribution in [3.8, 4) is 11.4 Å². The fraction of sp³-hybridized carbons (Fsp3) is 0.308. The van der Waals surface area contributed by atoms with Crippen molar-refractivity contribution in [1.82, 2.24) is 24.5 Å². The van der Waals surface area contributed by atoms with E-state index >= 15 is 0 Å². The molecule has 1 aliphatic carbocycles. The van der Waals surface area contributed by atoms with Gasteiger partial charge in [-0.05, 0) is 55.2 Å². The predicted molar refractivity (Wildman–Crippen MR) is 130 cm³/mol. The topological polar surface area (TPSA) is 102 Å². The summed E-state index contributed by atoms with van der Waals surface area (Å²) >= 11 is 0. The van der Waals surface area contributed by atoms with Crippen molar-refractivity contribution in [3.63, 3.8) is 0 Å². The highest BCUT2D eigenvalue weighted by molar-refractivity contribution is 6.02. The summed E-state index contributed by atoms with van der Waals surface area (Å²) in [5, 5.41) is 15.0. The van der Waals surface area contributed by atoms with Gasteiger partial charge >= 0.3 is 12.1 Å². The van der Waals surface area contributed by atoms with Crippen molar-refractivity contribution in [2.45, 2.75) is 44.3 Å². The van der Waals surface area contributed by atoms with Crippen molar-refractivity contribution < 1.29 is 27.9 Å². The fourth-order valence-electron chi connectivity index (χ4n) is 4.34. The maximum atomic E-state index is 12.9. The molecule has 4 aromatic heterocycles. The summed E-state index contributed by atoms with van der Waals surface area (Å²) in [6.07, 6.45) is 8.26. The molecule has 0 aliphatic heterocycles. The molecule has 2 N–H and O–H groups in total. The molecule has 1 saturated carbocycles. The Balaban J connectivity index is 0.000000405. The molecule has 8 nitrogen and oxygen atoms in total. The SMILES string of the molecule is O=C(NCCc1cccnc1)c1cc(-c2ccn(C3CCCC3)n2)n2ccccc12.O=C(O)C(F)(F)F. The number of hydrogen-bond donors (Lipinski definition) is 2. The lowest BCUT2D eigenvalue weighted by molar-refractivity contribution is -0.192. The summed E-state index contributed by atoms with van der Waals surface area (Å²) in [5.41, 5.74) is 4.52. The fourth-order valence-corrected chi connectivity index (χ4v) is 4.34. The normalized spacial score (nSPS) is 13.8. The standard InChI is InChI=1S/C24H25N5O.C2HF3O2/c30-24(26-13-10-18-6-5-12-25-17-18)20-16-23(28-14-4-3-9-22(20)28)21-11-15-29(27-21)19-7-1-2-8-19;3-2(4,5)1(6)7/h3-6,9,11-12,14-17,19H,1-2,7-8,10,13H2,(H,26,30);(H,6,7). The molecular weight excluding hydrogens is 487 g/mol. The smallest absolute Gasteiger partial charge is 0.475 e. The molecule has 0 saturated heterocycles. The van der Waals surface area contributed by atoms with E-state index in [1.807, 2.05) is 48.8 Å². The second kappa shape index (κ2) is 11.3. The average Bonchev–Trinajstić information content (AvgIpc) is 3.64. The van der Waals surface area contributed by atoms with E-state index in [1.54, 1.807) is 6.20 Å². The maximum absolute atomic E-state index is 12.9. The number of carbonyl (C=O) groups excluding carboxylic acids is 1. The van der Waals surface area contributed by atoms with E-state index < -0.39 is 12.1 Å². The Bertz CT molecular complexity index is 1360. The zero-order chi connectivity index (χ0) is 26.4. The molecule has 4 heterocycles. The molecule has 0 aromatic carbocycles. The highest BCUT2D eigenvalue weighted by Gasteiger charge is 2.38. The van der Waals surface area contributed by atoms with E-state index in [4.69, 9.17) is 15.0 Å². The van der Waals surface area contributed by atoms with Gasteiger partial charge in [-0.2, -0.15) is 18.3 Å². The Morgan fingerprint density at radius 1 is 1.08 bits per heavy atom. The first-order valence-corrected chi connectivity index (χ1v) is 11.9. The molecule has 0 radical (unpaired) electrons. The summed E-state index contributed by atoms with van der Waals surface area (Å²) in [4.78, 5) is 26.0. The van der Waals surface area contributed by atoms with Gasteiger partial charge in [-0.15, -0.1) is 0 Å². The van der Waals surface area contributed by atoms with E-state index in [0.717, 1.165) is 28.9 Å². The summed E-state index contributed by atoms with van der Waals surface area (Å²) in [7, 11) is 0. The third-order valence-corrected chi connectivity index (χ3v) is 6.16. The molecule has 1 amide bonds. The number of pyridine rings is 2. The number of nitrogens with zero attached hydrogens (tertiary/aromatic N) is 4. The summed E-state index contributed by atoms with van der Waals surface area (Å²) in [5.74, 6) is -2.82. The first kappa shape index (κ1) is 25.9. The first-order chi connectivity index (χ1) is 17.7. The number of carboxylic acid groups (broad SMARTS) is 1. The average molecular weight is 514 g/mol. The molecule has 0 atom stereocenters. The van der Waals surface area contributed by atoms with Gasteiger partial charge in [0, 0.05) is 31.3 Å². The molecular formula is C26H26F3N5O3. The largest absolute Gasteiger partial charge is 0.490 e. The molecule has 0 unspecified atom stereocenters. The van der Waals surface area contributed by atoms with Crippen molar-refractivity contribution >= 4 is 17.4 Å². The van der Waals surface area contributed by atoms with E-state index in [1.165, 1.54) is 25.7 Å². The maximum Gasteiger partial charge on any atom is 0.490 e. The Morgan fingerprint density at radius 2 is 1.84 bits per heavy atom. The monoisotopic (exact) mass is 513 g/mol. The first-order valence-electron chi connectivity index (χ1n) is 11.9. The van der Waals surface area contributed by atoms with Gasteiger partial charge in [0.25, 0.3) is 5.91 Å². The third kappa shape index (κ3) is 6.35. The van der Waals surface area contributed by atoms with Crippen LogP contribution < -0.4 is 5.32 Å². The number of amides is 1. The van der Waals surface area contributed by atoms with Gasteiger partial charge < -0.3 is 14.8 Å². The minimum atomic E-state index is -5.08. The van der Waals surface area contributed by atoms with E-state index in [0.29, 0.717) is 18.2 Å². The van der Waals surface area contributed by atoms with Crippen LogP contribution in [-0.4, -0.2) is 48.9 Å². The van der Waals surface area contributed by atoms with E-state index in [2.05, 4.69) is 31.6 Å². The van der Waals surface area contributed by atoms with Crippen LogP contribution in [0.15, 0.2) is 67.3 Å². The Labute approximate surface area is 210 Å². The van der Waals surface area contributed by atoms with Crippen LogP contribution in [0, 0.1) is 0 Å². The molecule has 0 bridgehead atoms. The van der Waals surface area contributed by atoms with Crippen LogP contribution in [0.1, 0.15) is 47.6 Å². The lowest BCUT2D eigenvalue weighted by atomic mass is 10.2. The number of hydrogen-bond acceptors (Lipinski definition) is 4. The van der Waals surface area contributed by atoms with Crippen LogP contribution in [0.4, 0.5) is 13.2 Å². The van der Waals surface area contributed by atoms with Crippen LogP contribution in [0.25, 0.3) is 16.9 Å². The van der Waals surface area contributed by atoms with Crippen molar-refractivity contribution in [2.24, 2.45) is 0 Å². The van der Waals surface area contributed by atoms with Crippen LogP contribution in [0.2, 0.25) is 0 Å². The minimum Gasteiger partial charge on any atom is -0.475 e. The number of halogens is 3. The molecule has 11 heteroatoms. The Hall–Kier alpha value is -4.15. The number of alkyl halides is 3. The van der Waals surface area contributed by atoms with Gasteiger partial charge in [-0.25, -0.2) is 4.79 Å². The van der Waals surface area contributed by atoms with Crippen molar-refractivity contribution in [2.75, 3.05) is 6.54 Å². The number of rotatable bonds is 6. The molecule has 5 rings (SSSR count). The van der Waals surface area contributed by atoms with Gasteiger partial charge in [0.1, 0.15) is 5.69 Å². The highest BCUT2D eigenvalue weighted by atomic mass is 19.4. The summed E-state index contributed by atoms with van der Waals surface area (Å²) in [6.45, 7) is 0.570. The number of nitrogens with one attached hydrogen (secondary N) is 1. The van der Waals surface area contributed by atoms with E-state index in [9.17, 15) is 18.0 Å². The molecule has 0 spiro atoms. The van der Waals surface area contributed by atoms with E-state index in [-0.39, 0.29) is 5.91 Å². The van der Waals surface area contributed by atoms with Gasteiger partial charge in [0.15, 0.2) is 0 Å². The second-order valence-electron chi connectivity index (χ2n) is 8.69. The van der Waals surface area contributed by atoms with Gasteiger partial charge in [0.05, 0.1) is 22.8 Å². The zero-order valence-electron chi connectivity index (χ0n) is 19.9. The third-order valence-electron chi connectivity index (χ3n) is 6.16. The highest BCUT2D eigenvalue weighted by Crippen LogP contribution is 2.31. The van der Waals surface area contributed by atoms with Crippen LogP contribution in [-0.2, 0) is 11.2 Å². The number of carboxylic acids is 1. The van der Waals surface area contributed by atoms with Crippen LogP contribution >= 0.6 is 0 Å². The second-order valence-corrected chi connectivity index (χ2v) is 8.69.